The van der Waals surface area contributed by atoms with Crippen molar-refractivity contribution in [3.63, 3.8) is 0 Å². The molecule has 1 aromatic carbocycles. The maximum atomic E-state index is 11.9. The summed E-state index contributed by atoms with van der Waals surface area (Å²) < 4.78 is 0. The Morgan fingerprint density at radius 3 is 2.97 bits per heavy atom. The van der Waals surface area contributed by atoms with E-state index < -0.39 is 0 Å². The second kappa shape index (κ2) is 8.46. The molecule has 10 heteroatoms. The van der Waals surface area contributed by atoms with Crippen LogP contribution < -0.4 is 10.6 Å². The molecule has 3 heterocycles. The van der Waals surface area contributed by atoms with E-state index in [9.17, 15) is 4.79 Å². The first-order chi connectivity index (χ1) is 14.2. The number of anilines is 3. The first kappa shape index (κ1) is 18.5. The number of likely N-dealkylation sites (tertiary alicyclic amines) is 1. The normalized spacial score (nSPS) is 16.3. The predicted molar refractivity (Wildman–Crippen MR) is 108 cm³/mol. The van der Waals surface area contributed by atoms with Crippen LogP contribution in [0.1, 0.15) is 12.8 Å². The third-order valence-corrected chi connectivity index (χ3v) is 4.57. The summed E-state index contributed by atoms with van der Waals surface area (Å²) in [6.07, 6.45) is 8.00. The maximum absolute atomic E-state index is 11.9. The van der Waals surface area contributed by atoms with Crippen molar-refractivity contribution in [3.8, 4) is 5.69 Å². The lowest BCUT2D eigenvalue weighted by Crippen LogP contribution is -2.44. The van der Waals surface area contributed by atoms with Crippen LogP contribution in [0.2, 0.25) is 0 Å². The van der Waals surface area contributed by atoms with Crippen LogP contribution in [-0.2, 0) is 4.79 Å². The zero-order valence-electron chi connectivity index (χ0n) is 15.8. The van der Waals surface area contributed by atoms with Crippen LogP contribution in [0.3, 0.4) is 0 Å². The van der Waals surface area contributed by atoms with E-state index in [1.807, 2.05) is 24.3 Å². The SMILES string of the molecule is C=CC(=O)N1CCC[C@@H](Nc2nncc(Nc3cccc(-n4nccn4)c3)n2)C1. The van der Waals surface area contributed by atoms with Gasteiger partial charge in [-0.2, -0.15) is 25.1 Å². The molecular weight excluding hydrogens is 370 g/mol. The number of nitrogens with one attached hydrogen (secondary N) is 2. The summed E-state index contributed by atoms with van der Waals surface area (Å²) >= 11 is 0. The fourth-order valence-electron chi connectivity index (χ4n) is 3.24. The number of carbonyl (C=O) groups is 1. The van der Waals surface area contributed by atoms with Crippen molar-refractivity contribution in [1.82, 2.24) is 35.1 Å². The van der Waals surface area contributed by atoms with Crippen molar-refractivity contribution in [2.45, 2.75) is 18.9 Å². The molecule has 1 aliphatic rings. The van der Waals surface area contributed by atoms with Gasteiger partial charge < -0.3 is 15.5 Å². The largest absolute Gasteiger partial charge is 0.348 e. The fourth-order valence-corrected chi connectivity index (χ4v) is 3.24. The molecule has 1 fully saturated rings. The van der Waals surface area contributed by atoms with E-state index in [2.05, 4.69) is 42.6 Å². The van der Waals surface area contributed by atoms with Crippen LogP contribution in [0, 0.1) is 0 Å². The molecule has 29 heavy (non-hydrogen) atoms. The summed E-state index contributed by atoms with van der Waals surface area (Å²) in [7, 11) is 0. The number of amides is 1. The Hall–Kier alpha value is -3.82. The van der Waals surface area contributed by atoms with Gasteiger partial charge in [0, 0.05) is 24.8 Å². The van der Waals surface area contributed by atoms with Crippen molar-refractivity contribution in [2.24, 2.45) is 0 Å². The van der Waals surface area contributed by atoms with Crippen molar-refractivity contribution >= 4 is 23.4 Å². The molecule has 1 aliphatic heterocycles. The standard InChI is InChI=1S/C19H21N9O/c1-2-18(29)27-10-4-6-15(13-27)24-19-25-17(12-20-26-19)23-14-5-3-7-16(11-14)28-21-8-9-22-28/h2-3,5,7-9,11-12,15H,1,4,6,10,13H2,(H2,23,24,25,26)/t15-/m1/s1. The topological polar surface area (TPSA) is 114 Å². The van der Waals surface area contributed by atoms with Gasteiger partial charge in [0.1, 0.15) is 0 Å². The van der Waals surface area contributed by atoms with E-state index in [1.165, 1.54) is 10.9 Å². The molecule has 1 amide bonds. The van der Waals surface area contributed by atoms with Gasteiger partial charge in [0.05, 0.1) is 24.3 Å². The molecule has 3 aromatic rings. The molecule has 0 aliphatic carbocycles. The fraction of sp³-hybridized carbons (Fsp3) is 0.263. The number of benzene rings is 1. The van der Waals surface area contributed by atoms with Gasteiger partial charge in [-0.05, 0) is 37.1 Å². The third kappa shape index (κ3) is 4.54. The summed E-state index contributed by atoms with van der Waals surface area (Å²) in [6, 6.07) is 7.72. The quantitative estimate of drug-likeness (QED) is 0.611. The highest BCUT2D eigenvalue weighted by Crippen LogP contribution is 2.19. The summed E-state index contributed by atoms with van der Waals surface area (Å²) in [5.41, 5.74) is 1.65. The molecule has 0 bridgehead atoms. The maximum Gasteiger partial charge on any atom is 0.246 e. The van der Waals surface area contributed by atoms with Gasteiger partial charge in [-0.1, -0.05) is 12.6 Å². The van der Waals surface area contributed by atoms with Crippen molar-refractivity contribution in [1.29, 1.82) is 0 Å². The van der Waals surface area contributed by atoms with Gasteiger partial charge >= 0.3 is 0 Å². The molecule has 148 valence electrons. The van der Waals surface area contributed by atoms with Crippen molar-refractivity contribution < 1.29 is 4.79 Å². The number of carbonyl (C=O) groups excluding carboxylic acids is 1. The molecule has 10 nitrogen and oxygen atoms in total. The van der Waals surface area contributed by atoms with Crippen LogP contribution in [0.5, 0.6) is 0 Å². The van der Waals surface area contributed by atoms with Crippen LogP contribution in [-0.4, -0.2) is 60.1 Å². The highest BCUT2D eigenvalue weighted by Gasteiger charge is 2.22. The average Bonchev–Trinajstić information content (AvgIpc) is 3.29. The van der Waals surface area contributed by atoms with Crippen molar-refractivity contribution in [3.05, 3.63) is 55.5 Å². The first-order valence-electron chi connectivity index (χ1n) is 9.32. The van der Waals surface area contributed by atoms with Crippen LogP contribution in [0.25, 0.3) is 5.69 Å². The number of rotatable bonds is 6. The lowest BCUT2D eigenvalue weighted by atomic mass is 10.1. The molecule has 2 N–H and O–H groups in total. The summed E-state index contributed by atoms with van der Waals surface area (Å²) in [6.45, 7) is 4.88. The Balaban J connectivity index is 1.43. The van der Waals surface area contributed by atoms with Crippen LogP contribution >= 0.6 is 0 Å². The molecule has 4 rings (SSSR count). The second-order valence-corrected chi connectivity index (χ2v) is 6.63. The van der Waals surface area contributed by atoms with Gasteiger partial charge in [0.2, 0.25) is 11.9 Å². The van der Waals surface area contributed by atoms with E-state index in [0.29, 0.717) is 18.3 Å². The molecule has 0 saturated carbocycles. The number of nitrogens with zero attached hydrogens (tertiary/aromatic N) is 7. The summed E-state index contributed by atoms with van der Waals surface area (Å²) in [5.74, 6) is 0.915. The zero-order valence-corrected chi connectivity index (χ0v) is 15.8. The van der Waals surface area contributed by atoms with Crippen LogP contribution in [0.4, 0.5) is 17.5 Å². The highest BCUT2D eigenvalue weighted by atomic mass is 16.2. The highest BCUT2D eigenvalue weighted by molar-refractivity contribution is 5.87. The van der Waals surface area contributed by atoms with E-state index in [-0.39, 0.29) is 11.9 Å². The van der Waals surface area contributed by atoms with E-state index >= 15 is 0 Å². The number of hydrogen-bond acceptors (Lipinski definition) is 8. The molecule has 2 aromatic heterocycles. The molecular formula is C19H21N9O. The Morgan fingerprint density at radius 1 is 1.28 bits per heavy atom. The van der Waals surface area contributed by atoms with Crippen LogP contribution in [0.15, 0.2) is 55.5 Å². The number of hydrogen-bond donors (Lipinski definition) is 2. The Bertz CT molecular complexity index is 989. The molecule has 0 unspecified atom stereocenters. The molecule has 1 atom stereocenters. The predicted octanol–water partition coefficient (Wildman–Crippen LogP) is 1.78. The minimum Gasteiger partial charge on any atom is -0.348 e. The Kier molecular flexibility index (Phi) is 5.41. The van der Waals surface area contributed by atoms with Gasteiger partial charge in [0.15, 0.2) is 5.82 Å². The molecule has 0 radical (unpaired) electrons. The zero-order chi connectivity index (χ0) is 20.1. The van der Waals surface area contributed by atoms with E-state index in [1.54, 1.807) is 23.5 Å². The smallest absolute Gasteiger partial charge is 0.246 e. The second-order valence-electron chi connectivity index (χ2n) is 6.63. The third-order valence-electron chi connectivity index (χ3n) is 4.57. The van der Waals surface area contributed by atoms with Gasteiger partial charge in [-0.15, -0.1) is 5.10 Å². The molecule has 1 saturated heterocycles. The summed E-state index contributed by atoms with van der Waals surface area (Å²) in [4.78, 5) is 19.7. The molecule has 0 spiro atoms. The van der Waals surface area contributed by atoms with E-state index in [4.69, 9.17) is 0 Å². The number of piperidine rings is 1. The average molecular weight is 391 g/mol. The van der Waals surface area contributed by atoms with Gasteiger partial charge in [-0.3, -0.25) is 4.79 Å². The minimum atomic E-state index is -0.0579. The lowest BCUT2D eigenvalue weighted by molar-refractivity contribution is -0.127. The Labute approximate surface area is 167 Å². The minimum absolute atomic E-state index is 0.0579. The Morgan fingerprint density at radius 2 is 2.14 bits per heavy atom. The first-order valence-corrected chi connectivity index (χ1v) is 9.32. The van der Waals surface area contributed by atoms with E-state index in [0.717, 1.165) is 30.8 Å². The van der Waals surface area contributed by atoms with Gasteiger partial charge in [-0.25, -0.2) is 0 Å². The monoisotopic (exact) mass is 391 g/mol. The van der Waals surface area contributed by atoms with Gasteiger partial charge in [0.25, 0.3) is 0 Å². The van der Waals surface area contributed by atoms with Crippen molar-refractivity contribution in [2.75, 3.05) is 23.7 Å². The summed E-state index contributed by atoms with van der Waals surface area (Å²) in [5, 5.41) is 22.8. The lowest BCUT2D eigenvalue weighted by Gasteiger charge is -2.32. The number of aromatic nitrogens is 6.